The van der Waals surface area contributed by atoms with Gasteiger partial charge in [-0.25, -0.2) is 0 Å². The molecule has 0 saturated carbocycles. The molecule has 0 aromatic heterocycles. The van der Waals surface area contributed by atoms with Crippen molar-refractivity contribution < 1.29 is 0 Å². The number of alkyl halides is 1. The Morgan fingerprint density at radius 3 is 2.44 bits per heavy atom. The van der Waals surface area contributed by atoms with Gasteiger partial charge in [-0.05, 0) is 51.9 Å². The fourth-order valence-electron chi connectivity index (χ4n) is 1.51. The lowest BCUT2D eigenvalue weighted by Gasteiger charge is -2.12. The zero-order valence-electron chi connectivity index (χ0n) is 8.33. The van der Waals surface area contributed by atoms with Crippen LogP contribution in [-0.2, 0) is 0 Å². The van der Waals surface area contributed by atoms with E-state index in [-0.39, 0.29) is 5.38 Å². The third-order valence-electron chi connectivity index (χ3n) is 2.32. The van der Waals surface area contributed by atoms with E-state index in [0.717, 1.165) is 15.6 Å². The van der Waals surface area contributed by atoms with Crippen molar-refractivity contribution in [2.24, 2.45) is 0 Å². The van der Waals surface area contributed by atoms with Crippen LogP contribution >= 0.6 is 50.1 Å². The maximum absolute atomic E-state index is 6.48. The van der Waals surface area contributed by atoms with Crippen molar-refractivity contribution in [2.75, 3.05) is 0 Å². The van der Waals surface area contributed by atoms with Crippen LogP contribution < -0.4 is 0 Å². The summed E-state index contributed by atoms with van der Waals surface area (Å²) in [6.45, 7) is 0. The highest BCUT2D eigenvalue weighted by atomic mass is 127. The smallest absolute Gasteiger partial charge is 0.0846 e. The molecule has 0 nitrogen and oxygen atoms in total. The predicted octanol–water partition coefficient (Wildman–Crippen LogP) is 5.38. The minimum atomic E-state index is -0.106. The second-order valence-corrected chi connectivity index (χ2v) is 5.98. The standard InChI is InChI=1S/C13H9BrClI/c14-12-7-6-10(16)8-11(12)13(15)9-4-2-1-3-5-9/h1-8,13H. The first-order valence-electron chi connectivity index (χ1n) is 4.82. The second-order valence-electron chi connectivity index (χ2n) is 3.44. The zero-order chi connectivity index (χ0) is 11.5. The van der Waals surface area contributed by atoms with E-state index in [1.165, 1.54) is 3.57 Å². The highest BCUT2D eigenvalue weighted by molar-refractivity contribution is 14.1. The van der Waals surface area contributed by atoms with Gasteiger partial charge < -0.3 is 0 Å². The molecule has 1 atom stereocenters. The molecule has 0 amide bonds. The maximum atomic E-state index is 6.48. The topological polar surface area (TPSA) is 0 Å². The van der Waals surface area contributed by atoms with Crippen LogP contribution in [0.15, 0.2) is 53.0 Å². The highest BCUT2D eigenvalue weighted by Gasteiger charge is 2.13. The Bertz CT molecular complexity index is 485. The summed E-state index contributed by atoms with van der Waals surface area (Å²) in [6, 6.07) is 16.3. The monoisotopic (exact) mass is 406 g/mol. The van der Waals surface area contributed by atoms with Crippen molar-refractivity contribution >= 4 is 50.1 Å². The molecule has 82 valence electrons. The number of hydrogen-bond acceptors (Lipinski definition) is 0. The van der Waals surface area contributed by atoms with Gasteiger partial charge in [-0.1, -0.05) is 46.3 Å². The Kier molecular flexibility index (Phi) is 4.27. The summed E-state index contributed by atoms with van der Waals surface area (Å²) in [7, 11) is 0. The molecular weight excluding hydrogens is 398 g/mol. The Balaban J connectivity index is 2.41. The number of rotatable bonds is 2. The van der Waals surface area contributed by atoms with Crippen LogP contribution in [0.25, 0.3) is 0 Å². The van der Waals surface area contributed by atoms with E-state index in [1.54, 1.807) is 0 Å². The molecule has 0 aliphatic rings. The Morgan fingerprint density at radius 2 is 1.75 bits per heavy atom. The van der Waals surface area contributed by atoms with Gasteiger partial charge in [0, 0.05) is 8.04 Å². The molecule has 0 spiro atoms. The molecule has 2 aromatic rings. The van der Waals surface area contributed by atoms with Gasteiger partial charge >= 0.3 is 0 Å². The van der Waals surface area contributed by atoms with Crippen molar-refractivity contribution in [3.63, 3.8) is 0 Å². The van der Waals surface area contributed by atoms with Crippen molar-refractivity contribution in [3.05, 3.63) is 67.7 Å². The molecule has 0 saturated heterocycles. The van der Waals surface area contributed by atoms with Crippen molar-refractivity contribution in [3.8, 4) is 0 Å². The summed E-state index contributed by atoms with van der Waals surface area (Å²) in [5.41, 5.74) is 2.23. The van der Waals surface area contributed by atoms with E-state index >= 15 is 0 Å². The first-order chi connectivity index (χ1) is 7.68. The van der Waals surface area contributed by atoms with Gasteiger partial charge in [0.15, 0.2) is 0 Å². The van der Waals surface area contributed by atoms with Gasteiger partial charge in [0.2, 0.25) is 0 Å². The second kappa shape index (κ2) is 5.52. The molecule has 1 unspecified atom stereocenters. The van der Waals surface area contributed by atoms with Gasteiger partial charge in [-0.3, -0.25) is 0 Å². The molecular formula is C13H9BrClI. The lowest BCUT2D eigenvalue weighted by Crippen LogP contribution is -1.94. The lowest BCUT2D eigenvalue weighted by atomic mass is 10.0. The van der Waals surface area contributed by atoms with Crippen LogP contribution in [0.4, 0.5) is 0 Å². The largest absolute Gasteiger partial charge is 0.113 e. The zero-order valence-corrected chi connectivity index (χ0v) is 12.8. The van der Waals surface area contributed by atoms with E-state index in [2.05, 4.69) is 50.7 Å². The van der Waals surface area contributed by atoms with Gasteiger partial charge in [0.1, 0.15) is 0 Å². The van der Waals surface area contributed by atoms with Crippen LogP contribution in [0.5, 0.6) is 0 Å². The SMILES string of the molecule is ClC(c1ccccc1)c1cc(I)ccc1Br. The quantitative estimate of drug-likeness (QED) is 0.463. The first-order valence-corrected chi connectivity index (χ1v) is 7.13. The van der Waals surface area contributed by atoms with Crippen molar-refractivity contribution in [1.82, 2.24) is 0 Å². The summed E-state index contributed by atoms with van der Waals surface area (Å²) in [4.78, 5) is 0. The van der Waals surface area contributed by atoms with Crippen LogP contribution in [0.1, 0.15) is 16.5 Å². The summed E-state index contributed by atoms with van der Waals surface area (Å²) < 4.78 is 2.24. The maximum Gasteiger partial charge on any atom is 0.0846 e. The van der Waals surface area contributed by atoms with Crippen molar-refractivity contribution in [1.29, 1.82) is 0 Å². The fourth-order valence-corrected chi connectivity index (χ4v) is 2.96. The Labute approximate surface area is 122 Å². The van der Waals surface area contributed by atoms with Gasteiger partial charge in [-0.15, -0.1) is 11.6 Å². The molecule has 3 heteroatoms. The van der Waals surface area contributed by atoms with E-state index in [4.69, 9.17) is 11.6 Å². The fraction of sp³-hybridized carbons (Fsp3) is 0.0769. The van der Waals surface area contributed by atoms with E-state index in [0.29, 0.717) is 0 Å². The molecule has 0 radical (unpaired) electrons. The van der Waals surface area contributed by atoms with Crippen LogP contribution in [0.2, 0.25) is 0 Å². The number of hydrogen-bond donors (Lipinski definition) is 0. The molecule has 0 bridgehead atoms. The highest BCUT2D eigenvalue weighted by Crippen LogP contribution is 2.34. The summed E-state index contributed by atoms with van der Waals surface area (Å²) in [5.74, 6) is 0. The molecule has 0 N–H and O–H groups in total. The third-order valence-corrected chi connectivity index (χ3v) is 4.20. The van der Waals surface area contributed by atoms with E-state index in [9.17, 15) is 0 Å². The average molecular weight is 407 g/mol. The van der Waals surface area contributed by atoms with Gasteiger partial charge in [0.05, 0.1) is 5.38 Å². The van der Waals surface area contributed by atoms with Gasteiger partial charge in [-0.2, -0.15) is 0 Å². The summed E-state index contributed by atoms with van der Waals surface area (Å²) in [6.07, 6.45) is 0. The Morgan fingerprint density at radius 1 is 1.06 bits per heavy atom. The molecule has 2 rings (SSSR count). The number of halogens is 3. The molecule has 0 fully saturated rings. The lowest BCUT2D eigenvalue weighted by molar-refractivity contribution is 1.12. The van der Waals surface area contributed by atoms with Crippen LogP contribution in [-0.4, -0.2) is 0 Å². The third kappa shape index (κ3) is 2.79. The predicted molar refractivity (Wildman–Crippen MR) is 81.0 cm³/mol. The molecule has 2 aromatic carbocycles. The van der Waals surface area contributed by atoms with Crippen LogP contribution in [0, 0.1) is 3.57 Å². The minimum absolute atomic E-state index is 0.106. The van der Waals surface area contributed by atoms with E-state index in [1.807, 2.05) is 36.4 Å². The molecule has 0 heterocycles. The average Bonchev–Trinajstić information content (AvgIpc) is 2.32. The number of benzene rings is 2. The Hall–Kier alpha value is -0.0600. The van der Waals surface area contributed by atoms with E-state index < -0.39 is 0 Å². The molecule has 0 aliphatic carbocycles. The minimum Gasteiger partial charge on any atom is -0.113 e. The molecule has 16 heavy (non-hydrogen) atoms. The first kappa shape index (κ1) is 12.4. The van der Waals surface area contributed by atoms with Gasteiger partial charge in [0.25, 0.3) is 0 Å². The summed E-state index contributed by atoms with van der Waals surface area (Å²) in [5, 5.41) is -0.106. The normalized spacial score (nSPS) is 12.4. The summed E-state index contributed by atoms with van der Waals surface area (Å²) >= 11 is 12.3. The molecule has 0 aliphatic heterocycles. The van der Waals surface area contributed by atoms with Crippen molar-refractivity contribution in [2.45, 2.75) is 5.38 Å². The van der Waals surface area contributed by atoms with Crippen LogP contribution in [0.3, 0.4) is 0 Å².